The molecule has 0 spiro atoms. The quantitative estimate of drug-likeness (QED) is 0.189. The maximum Gasteiger partial charge on any atom is 0.215 e. The molecular formula is C31H51N5O2. The maximum atomic E-state index is 6.00. The largest absolute Gasteiger partial charge is 0.477 e. The lowest BCUT2D eigenvalue weighted by atomic mass is 10.2. The minimum Gasteiger partial charge on any atom is -0.477 e. The molecule has 3 heterocycles. The van der Waals surface area contributed by atoms with Gasteiger partial charge in [0.1, 0.15) is 5.76 Å². The summed E-state index contributed by atoms with van der Waals surface area (Å²) >= 11 is 0. The Bertz CT molecular complexity index is 977. The zero-order chi connectivity index (χ0) is 28.8. The molecule has 1 N–H and O–H groups in total. The highest BCUT2D eigenvalue weighted by Gasteiger charge is 2.10. The Labute approximate surface area is 231 Å². The summed E-state index contributed by atoms with van der Waals surface area (Å²) in [6.07, 6.45) is 6.35. The van der Waals surface area contributed by atoms with Gasteiger partial charge in [-0.3, -0.25) is 4.98 Å². The van der Waals surface area contributed by atoms with E-state index in [0.717, 1.165) is 60.8 Å². The Morgan fingerprint density at radius 1 is 0.974 bits per heavy atom. The summed E-state index contributed by atoms with van der Waals surface area (Å²) in [7, 11) is 0. The van der Waals surface area contributed by atoms with E-state index in [9.17, 15) is 0 Å². The van der Waals surface area contributed by atoms with Crippen molar-refractivity contribution in [1.82, 2.24) is 9.97 Å². The van der Waals surface area contributed by atoms with Gasteiger partial charge >= 0.3 is 0 Å². The lowest BCUT2D eigenvalue weighted by Gasteiger charge is -2.24. The molecule has 3 aromatic heterocycles. The lowest BCUT2D eigenvalue weighted by Crippen LogP contribution is -2.25. The molecule has 0 saturated heterocycles. The van der Waals surface area contributed by atoms with E-state index in [1.165, 1.54) is 0 Å². The molecule has 3 aromatic rings. The molecule has 0 unspecified atom stereocenters. The summed E-state index contributed by atoms with van der Waals surface area (Å²) in [5.74, 6) is 2.07. The average molecular weight is 526 g/mol. The van der Waals surface area contributed by atoms with Crippen molar-refractivity contribution in [3.8, 4) is 5.88 Å². The number of hydrazone groups is 1. The molecule has 0 aliphatic carbocycles. The van der Waals surface area contributed by atoms with E-state index in [2.05, 4.69) is 39.2 Å². The van der Waals surface area contributed by atoms with E-state index in [4.69, 9.17) is 9.15 Å². The van der Waals surface area contributed by atoms with Crippen LogP contribution in [0.3, 0.4) is 0 Å². The SMILES string of the molecule is CC.CC.CC.CCCN(CCC)c1cc(/C=N/Nc2cc(C)c(C)o2)nc(OCCc2ccccn2)c1. The summed E-state index contributed by atoms with van der Waals surface area (Å²) in [6, 6.07) is 11.9. The topological polar surface area (TPSA) is 75.8 Å². The first-order valence-electron chi connectivity index (χ1n) is 14.2. The maximum absolute atomic E-state index is 6.00. The molecule has 0 aliphatic rings. The van der Waals surface area contributed by atoms with Crippen LogP contribution in [0.4, 0.5) is 11.6 Å². The van der Waals surface area contributed by atoms with Gasteiger partial charge in [0.2, 0.25) is 11.8 Å². The van der Waals surface area contributed by atoms with Crippen LogP contribution in [0.5, 0.6) is 5.88 Å². The zero-order valence-corrected chi connectivity index (χ0v) is 25.5. The third kappa shape index (κ3) is 12.7. The van der Waals surface area contributed by atoms with Gasteiger partial charge in [0.05, 0.1) is 18.5 Å². The fourth-order valence-corrected chi connectivity index (χ4v) is 3.34. The summed E-state index contributed by atoms with van der Waals surface area (Å²) in [5.41, 5.74) is 6.83. The van der Waals surface area contributed by atoms with Crippen molar-refractivity contribution in [1.29, 1.82) is 0 Å². The van der Waals surface area contributed by atoms with E-state index < -0.39 is 0 Å². The van der Waals surface area contributed by atoms with Crippen molar-refractivity contribution in [2.45, 2.75) is 88.5 Å². The van der Waals surface area contributed by atoms with Gasteiger partial charge < -0.3 is 14.1 Å². The predicted molar refractivity (Wildman–Crippen MR) is 164 cm³/mol. The van der Waals surface area contributed by atoms with Gasteiger partial charge in [-0.05, 0) is 50.5 Å². The molecule has 0 saturated carbocycles. The molecule has 3 rings (SSSR count). The second kappa shape index (κ2) is 21.7. The zero-order valence-electron chi connectivity index (χ0n) is 25.5. The predicted octanol–water partition coefficient (Wildman–Crippen LogP) is 8.46. The molecule has 0 bridgehead atoms. The number of furan rings is 1. The number of nitrogens with zero attached hydrogens (tertiary/aromatic N) is 4. The van der Waals surface area contributed by atoms with Crippen LogP contribution in [0.2, 0.25) is 0 Å². The molecule has 0 radical (unpaired) electrons. The minimum absolute atomic E-state index is 0.509. The van der Waals surface area contributed by atoms with Crippen molar-refractivity contribution >= 4 is 17.8 Å². The number of rotatable bonds is 12. The van der Waals surface area contributed by atoms with Crippen LogP contribution in [0.1, 0.15) is 90.9 Å². The number of anilines is 2. The molecule has 0 fully saturated rings. The molecule has 7 heteroatoms. The van der Waals surface area contributed by atoms with E-state index in [1.54, 1.807) is 12.4 Å². The second-order valence-corrected chi connectivity index (χ2v) is 7.71. The Morgan fingerprint density at radius 3 is 2.21 bits per heavy atom. The number of ether oxygens (including phenoxy) is 1. The highest BCUT2D eigenvalue weighted by atomic mass is 16.5. The number of aromatic nitrogens is 2. The van der Waals surface area contributed by atoms with Crippen LogP contribution in [0.25, 0.3) is 0 Å². The lowest BCUT2D eigenvalue weighted by molar-refractivity contribution is 0.308. The summed E-state index contributed by atoms with van der Waals surface area (Å²) in [5, 5.41) is 4.31. The molecule has 0 amide bonds. The van der Waals surface area contributed by atoms with Gasteiger partial charge in [-0.25, -0.2) is 10.4 Å². The molecule has 212 valence electrons. The van der Waals surface area contributed by atoms with Crippen molar-refractivity contribution < 1.29 is 9.15 Å². The summed E-state index contributed by atoms with van der Waals surface area (Å²) < 4.78 is 11.6. The summed E-state index contributed by atoms with van der Waals surface area (Å²) in [4.78, 5) is 11.3. The van der Waals surface area contributed by atoms with Gasteiger partial charge in [-0.2, -0.15) is 5.10 Å². The monoisotopic (exact) mass is 525 g/mol. The van der Waals surface area contributed by atoms with E-state index in [1.807, 2.05) is 91.8 Å². The molecule has 0 atom stereocenters. The number of hydrogen-bond acceptors (Lipinski definition) is 7. The fraction of sp³-hybridized carbons (Fsp3) is 0.516. The number of hydrogen-bond donors (Lipinski definition) is 1. The normalized spacial score (nSPS) is 9.84. The third-order valence-electron chi connectivity index (χ3n) is 5.03. The first-order valence-corrected chi connectivity index (χ1v) is 14.2. The van der Waals surface area contributed by atoms with Crippen LogP contribution in [-0.4, -0.2) is 35.9 Å². The Kier molecular flexibility index (Phi) is 19.8. The van der Waals surface area contributed by atoms with E-state index >= 15 is 0 Å². The second-order valence-electron chi connectivity index (χ2n) is 7.71. The van der Waals surface area contributed by atoms with Gasteiger partial charge in [-0.15, -0.1) is 0 Å². The average Bonchev–Trinajstić information content (AvgIpc) is 3.29. The molecule has 0 aromatic carbocycles. The first kappa shape index (κ1) is 34.6. The molecule has 38 heavy (non-hydrogen) atoms. The molecule has 7 nitrogen and oxygen atoms in total. The first-order chi connectivity index (χ1) is 18.6. The summed E-state index contributed by atoms with van der Waals surface area (Å²) in [6.45, 7) is 22.8. The Morgan fingerprint density at radius 2 is 1.66 bits per heavy atom. The van der Waals surface area contributed by atoms with Crippen LogP contribution in [0, 0.1) is 13.8 Å². The minimum atomic E-state index is 0.509. The van der Waals surface area contributed by atoms with E-state index in [-0.39, 0.29) is 0 Å². The van der Waals surface area contributed by atoms with E-state index in [0.29, 0.717) is 18.4 Å². The molecule has 0 aliphatic heterocycles. The van der Waals surface area contributed by atoms with Gasteiger partial charge in [0, 0.05) is 49.2 Å². The highest BCUT2D eigenvalue weighted by Crippen LogP contribution is 2.22. The molecular weight excluding hydrogens is 474 g/mol. The van der Waals surface area contributed by atoms with Crippen molar-refractivity contribution in [2.24, 2.45) is 5.10 Å². The standard InChI is InChI=1S/C25H33N5O2.3C2H6/c1-5-12-30(13-6-2)23-16-22(18-27-29-25-15-19(3)20(4)32-25)28-24(17-23)31-14-10-21-9-7-8-11-26-21;3*1-2/h7-9,11,15-18,29H,5-6,10,12-14H2,1-4H3;3*1-2H3/b27-18+;;;. The van der Waals surface area contributed by atoms with Crippen LogP contribution >= 0.6 is 0 Å². The third-order valence-corrected chi connectivity index (χ3v) is 5.03. The number of aryl methyl sites for hydroxylation is 2. The van der Waals surface area contributed by atoms with Gasteiger partial charge in [-0.1, -0.05) is 61.5 Å². The van der Waals surface area contributed by atoms with Crippen molar-refractivity contribution in [2.75, 3.05) is 30.0 Å². The van der Waals surface area contributed by atoms with Crippen LogP contribution in [-0.2, 0) is 6.42 Å². The smallest absolute Gasteiger partial charge is 0.215 e. The van der Waals surface area contributed by atoms with Crippen LogP contribution in [0.15, 0.2) is 52.1 Å². The van der Waals surface area contributed by atoms with Gasteiger partial charge in [0.25, 0.3) is 0 Å². The number of nitrogens with one attached hydrogen (secondary N) is 1. The van der Waals surface area contributed by atoms with Gasteiger partial charge in [0.15, 0.2) is 0 Å². The fourth-order valence-electron chi connectivity index (χ4n) is 3.34. The number of pyridine rings is 2. The Balaban J connectivity index is 0.00000213. The Hall–Kier alpha value is -3.35. The van der Waals surface area contributed by atoms with Crippen LogP contribution < -0.4 is 15.1 Å². The highest BCUT2D eigenvalue weighted by molar-refractivity contribution is 5.79. The van der Waals surface area contributed by atoms with Crippen molar-refractivity contribution in [3.05, 3.63) is 65.3 Å². The van der Waals surface area contributed by atoms with Crippen molar-refractivity contribution in [3.63, 3.8) is 0 Å².